The molecule has 3 aromatic rings. The molecule has 0 aliphatic carbocycles. The highest BCUT2D eigenvalue weighted by Gasteiger charge is 2.14. The van der Waals surface area contributed by atoms with E-state index in [-0.39, 0.29) is 0 Å². The number of halogens is 1. The van der Waals surface area contributed by atoms with Crippen LogP contribution < -0.4 is 10.5 Å². The summed E-state index contributed by atoms with van der Waals surface area (Å²) in [5, 5.41) is 7.52. The summed E-state index contributed by atoms with van der Waals surface area (Å²) < 4.78 is 5.31. The van der Waals surface area contributed by atoms with Crippen LogP contribution in [0.3, 0.4) is 0 Å². The smallest absolute Gasteiger partial charge is 0.181 e. The quantitative estimate of drug-likeness (QED) is 0.726. The lowest BCUT2D eigenvalue weighted by atomic mass is 10.1. The predicted octanol–water partition coefficient (Wildman–Crippen LogP) is 2.78. The molecule has 0 aliphatic rings. The fraction of sp³-hybridized carbons (Fsp3) is 0.0714. The molecule has 0 saturated carbocycles. The molecular weight excluding hydrogens is 290 g/mol. The average Bonchev–Trinajstić information content (AvgIpc) is 3.00. The van der Waals surface area contributed by atoms with Crippen LogP contribution in [0.5, 0.6) is 5.75 Å². The van der Waals surface area contributed by atoms with Crippen molar-refractivity contribution in [3.63, 3.8) is 0 Å². The average molecular weight is 302 g/mol. The molecule has 0 saturated heterocycles. The minimum Gasteiger partial charge on any atom is -0.496 e. The molecule has 0 amide bonds. The summed E-state index contributed by atoms with van der Waals surface area (Å²) >= 11 is 6.07. The number of hydrogen-bond acceptors (Lipinski definition) is 5. The number of hydrogen-bond donors (Lipinski definition) is 2. The molecule has 2 heterocycles. The van der Waals surface area contributed by atoms with Crippen LogP contribution in [0.15, 0.2) is 36.7 Å². The second kappa shape index (κ2) is 5.41. The number of rotatable bonds is 3. The van der Waals surface area contributed by atoms with Gasteiger partial charge in [-0.15, -0.1) is 0 Å². The van der Waals surface area contributed by atoms with Gasteiger partial charge in [-0.1, -0.05) is 11.6 Å². The van der Waals surface area contributed by atoms with Crippen molar-refractivity contribution >= 4 is 17.3 Å². The Morgan fingerprint density at radius 1 is 1.24 bits per heavy atom. The number of pyridine rings is 1. The summed E-state index contributed by atoms with van der Waals surface area (Å²) in [6, 6.07) is 7.03. The summed E-state index contributed by atoms with van der Waals surface area (Å²) in [4.78, 5) is 8.42. The van der Waals surface area contributed by atoms with Crippen molar-refractivity contribution in [1.82, 2.24) is 20.2 Å². The lowest BCUT2D eigenvalue weighted by Gasteiger charge is -2.08. The molecule has 21 heavy (non-hydrogen) atoms. The first-order valence-electron chi connectivity index (χ1n) is 6.15. The molecule has 3 rings (SSSR count). The second-order valence-electron chi connectivity index (χ2n) is 4.32. The van der Waals surface area contributed by atoms with Gasteiger partial charge in [0.25, 0.3) is 0 Å². The van der Waals surface area contributed by atoms with Gasteiger partial charge in [-0.05, 0) is 18.2 Å². The Balaban J connectivity index is 2.06. The zero-order valence-corrected chi connectivity index (χ0v) is 11.9. The van der Waals surface area contributed by atoms with Gasteiger partial charge in [0.1, 0.15) is 5.75 Å². The van der Waals surface area contributed by atoms with E-state index in [0.29, 0.717) is 33.7 Å². The van der Waals surface area contributed by atoms with Gasteiger partial charge < -0.3 is 10.5 Å². The van der Waals surface area contributed by atoms with E-state index in [9.17, 15) is 0 Å². The maximum atomic E-state index is 6.07. The molecule has 3 N–H and O–H groups in total. The Labute approximate surface area is 126 Å². The number of aromatic amines is 1. The lowest BCUT2D eigenvalue weighted by molar-refractivity contribution is 0.416. The molecule has 6 nitrogen and oxygen atoms in total. The number of ether oxygens (including phenoxy) is 1. The van der Waals surface area contributed by atoms with Gasteiger partial charge in [0, 0.05) is 24.0 Å². The summed E-state index contributed by atoms with van der Waals surface area (Å²) in [7, 11) is 1.56. The molecular formula is C14H12ClN5O. The van der Waals surface area contributed by atoms with Crippen molar-refractivity contribution in [2.75, 3.05) is 12.8 Å². The Morgan fingerprint density at radius 3 is 2.71 bits per heavy atom. The number of anilines is 1. The molecule has 0 unspecified atom stereocenters. The zero-order valence-electron chi connectivity index (χ0n) is 11.2. The fourth-order valence-electron chi connectivity index (χ4n) is 1.94. The van der Waals surface area contributed by atoms with Crippen molar-refractivity contribution in [2.45, 2.75) is 0 Å². The van der Waals surface area contributed by atoms with Gasteiger partial charge in [0.2, 0.25) is 0 Å². The van der Waals surface area contributed by atoms with Gasteiger partial charge in [0.15, 0.2) is 11.6 Å². The Kier molecular flexibility index (Phi) is 3.45. The molecule has 0 bridgehead atoms. The van der Waals surface area contributed by atoms with Crippen LogP contribution in [-0.2, 0) is 0 Å². The van der Waals surface area contributed by atoms with Gasteiger partial charge in [-0.3, -0.25) is 10.1 Å². The molecule has 1 aromatic carbocycles. The largest absolute Gasteiger partial charge is 0.496 e. The molecule has 0 radical (unpaired) electrons. The van der Waals surface area contributed by atoms with E-state index in [1.165, 1.54) is 0 Å². The highest BCUT2D eigenvalue weighted by molar-refractivity contribution is 6.33. The zero-order chi connectivity index (χ0) is 14.8. The van der Waals surface area contributed by atoms with E-state index in [2.05, 4.69) is 20.2 Å². The van der Waals surface area contributed by atoms with Gasteiger partial charge in [-0.25, -0.2) is 4.98 Å². The third-order valence-corrected chi connectivity index (χ3v) is 3.33. The van der Waals surface area contributed by atoms with Crippen molar-refractivity contribution in [3.8, 4) is 28.5 Å². The first kappa shape index (κ1) is 13.4. The number of nitrogens with zero attached hydrogens (tertiary/aromatic N) is 3. The maximum absolute atomic E-state index is 6.07. The molecule has 7 heteroatoms. The number of H-pyrrole nitrogens is 1. The summed E-state index contributed by atoms with van der Waals surface area (Å²) in [5.74, 6) is 1.71. The van der Waals surface area contributed by atoms with Gasteiger partial charge >= 0.3 is 0 Å². The number of nitrogens with one attached hydrogen (secondary N) is 1. The molecule has 0 aliphatic heterocycles. The van der Waals surface area contributed by atoms with Crippen LogP contribution in [0.25, 0.3) is 22.8 Å². The van der Waals surface area contributed by atoms with Crippen LogP contribution in [0.2, 0.25) is 5.02 Å². The van der Waals surface area contributed by atoms with Crippen LogP contribution in [-0.4, -0.2) is 27.3 Å². The Hall–Kier alpha value is -2.60. The predicted molar refractivity (Wildman–Crippen MR) is 81.0 cm³/mol. The molecule has 2 aromatic heterocycles. The SMILES string of the molecule is COc1cc(N)c(Cl)cc1-c1nc(-c2ccncc2)n[nH]1. The highest BCUT2D eigenvalue weighted by Crippen LogP contribution is 2.34. The first-order valence-corrected chi connectivity index (χ1v) is 6.53. The van der Waals surface area contributed by atoms with E-state index in [1.54, 1.807) is 31.6 Å². The highest BCUT2D eigenvalue weighted by atomic mass is 35.5. The maximum Gasteiger partial charge on any atom is 0.181 e. The minimum absolute atomic E-state index is 0.438. The first-order chi connectivity index (χ1) is 10.2. The van der Waals surface area contributed by atoms with Crippen LogP contribution in [0, 0.1) is 0 Å². The lowest BCUT2D eigenvalue weighted by Crippen LogP contribution is -1.94. The van der Waals surface area contributed by atoms with Crippen molar-refractivity contribution in [2.24, 2.45) is 0 Å². The minimum atomic E-state index is 0.438. The molecule has 0 atom stereocenters. The van der Waals surface area contributed by atoms with E-state index in [4.69, 9.17) is 22.1 Å². The van der Waals surface area contributed by atoms with Crippen LogP contribution >= 0.6 is 11.6 Å². The fourth-order valence-corrected chi connectivity index (χ4v) is 2.10. The summed E-state index contributed by atoms with van der Waals surface area (Å²) in [6.45, 7) is 0. The molecule has 0 fully saturated rings. The summed E-state index contributed by atoms with van der Waals surface area (Å²) in [5.41, 5.74) is 7.79. The van der Waals surface area contributed by atoms with Crippen molar-refractivity contribution in [3.05, 3.63) is 41.7 Å². The third kappa shape index (κ3) is 2.53. The van der Waals surface area contributed by atoms with Crippen molar-refractivity contribution in [1.29, 1.82) is 0 Å². The number of aromatic nitrogens is 4. The molecule has 0 spiro atoms. The second-order valence-corrected chi connectivity index (χ2v) is 4.72. The van der Waals surface area contributed by atoms with E-state index in [0.717, 1.165) is 5.56 Å². The number of nitrogens with two attached hydrogens (primary N) is 1. The van der Waals surface area contributed by atoms with Gasteiger partial charge in [0.05, 0.1) is 23.4 Å². The summed E-state index contributed by atoms with van der Waals surface area (Å²) in [6.07, 6.45) is 3.37. The van der Waals surface area contributed by atoms with Crippen LogP contribution in [0.4, 0.5) is 5.69 Å². The van der Waals surface area contributed by atoms with E-state index < -0.39 is 0 Å². The number of methoxy groups -OCH3 is 1. The van der Waals surface area contributed by atoms with Gasteiger partial charge in [-0.2, -0.15) is 5.10 Å². The van der Waals surface area contributed by atoms with E-state index >= 15 is 0 Å². The Morgan fingerprint density at radius 2 is 2.00 bits per heavy atom. The Bertz CT molecular complexity index is 772. The standard InChI is InChI=1S/C14H12ClN5O/c1-21-12-7-11(16)10(15)6-9(12)14-18-13(19-20-14)8-2-4-17-5-3-8/h2-7H,16H2,1H3,(H,18,19,20). The number of nitrogen functional groups attached to an aromatic ring is 1. The topological polar surface area (TPSA) is 89.7 Å². The van der Waals surface area contributed by atoms with Crippen LogP contribution in [0.1, 0.15) is 0 Å². The normalized spacial score (nSPS) is 10.6. The third-order valence-electron chi connectivity index (χ3n) is 3.00. The molecule has 106 valence electrons. The monoisotopic (exact) mass is 301 g/mol. The van der Waals surface area contributed by atoms with E-state index in [1.807, 2.05) is 12.1 Å². The number of benzene rings is 1. The van der Waals surface area contributed by atoms with Crippen molar-refractivity contribution < 1.29 is 4.74 Å².